The number of H-pyrrole nitrogens is 1. The van der Waals surface area contributed by atoms with Crippen LogP contribution in [0.5, 0.6) is 0 Å². The maximum Gasteiger partial charge on any atom is 0.266 e. The average Bonchev–Trinajstić information content (AvgIpc) is 3.24. The molecule has 32 heavy (non-hydrogen) atoms. The van der Waals surface area contributed by atoms with Gasteiger partial charge in [-0.2, -0.15) is 0 Å². The van der Waals surface area contributed by atoms with E-state index < -0.39 is 0 Å². The number of nitrogens with one attached hydrogen (secondary N) is 2. The van der Waals surface area contributed by atoms with Crippen molar-refractivity contribution in [2.75, 3.05) is 5.32 Å². The van der Waals surface area contributed by atoms with Crippen LogP contribution in [-0.4, -0.2) is 29.5 Å². The molecule has 0 aliphatic carbocycles. The summed E-state index contributed by atoms with van der Waals surface area (Å²) in [7, 11) is 0. The van der Waals surface area contributed by atoms with E-state index in [1.807, 2.05) is 64.1 Å². The molecule has 0 radical (unpaired) electrons. The highest BCUT2D eigenvalue weighted by molar-refractivity contribution is 5.83. The Balaban J connectivity index is 1.76. The number of aromatic nitrogens is 6. The summed E-state index contributed by atoms with van der Waals surface area (Å²) in [4.78, 5) is 34.6. The molecule has 5 rings (SSSR count). The second-order valence-corrected chi connectivity index (χ2v) is 8.01. The van der Waals surface area contributed by atoms with E-state index in [1.54, 1.807) is 10.9 Å². The third-order valence-corrected chi connectivity index (χ3v) is 5.76. The second kappa shape index (κ2) is 7.56. The molecule has 8 nitrogen and oxygen atoms in total. The molecular formula is C24H23N7O. The molecule has 2 aromatic carbocycles. The maximum atomic E-state index is 13.9. The molecule has 0 saturated heterocycles. The fraction of sp³-hybridized carbons (Fsp3) is 0.208. The van der Waals surface area contributed by atoms with Crippen LogP contribution in [0, 0.1) is 20.8 Å². The summed E-state index contributed by atoms with van der Waals surface area (Å²) in [6.07, 6.45) is 3.05. The van der Waals surface area contributed by atoms with E-state index in [-0.39, 0.29) is 11.6 Å². The normalized spacial score (nSPS) is 12.4. The molecule has 0 amide bonds. The minimum atomic E-state index is -0.326. The van der Waals surface area contributed by atoms with Crippen LogP contribution in [0.25, 0.3) is 27.8 Å². The molecule has 0 unspecified atom stereocenters. The number of hydrogen-bond donors (Lipinski definition) is 2. The predicted molar refractivity (Wildman–Crippen MR) is 125 cm³/mol. The summed E-state index contributed by atoms with van der Waals surface area (Å²) in [5.41, 5.74) is 5.65. The molecule has 0 saturated carbocycles. The monoisotopic (exact) mass is 425 g/mol. The second-order valence-electron chi connectivity index (χ2n) is 8.01. The van der Waals surface area contributed by atoms with E-state index in [1.165, 1.54) is 6.33 Å². The van der Waals surface area contributed by atoms with Crippen molar-refractivity contribution in [3.63, 3.8) is 0 Å². The van der Waals surface area contributed by atoms with Gasteiger partial charge >= 0.3 is 0 Å². The lowest BCUT2D eigenvalue weighted by Gasteiger charge is -2.22. The summed E-state index contributed by atoms with van der Waals surface area (Å²) in [5, 5.41) is 4.03. The quantitative estimate of drug-likeness (QED) is 0.449. The van der Waals surface area contributed by atoms with Crippen LogP contribution in [0.1, 0.15) is 35.5 Å². The van der Waals surface area contributed by atoms with E-state index in [2.05, 4.69) is 25.3 Å². The number of imidazole rings is 1. The minimum absolute atomic E-state index is 0.0801. The van der Waals surface area contributed by atoms with Crippen molar-refractivity contribution >= 4 is 27.9 Å². The van der Waals surface area contributed by atoms with Crippen molar-refractivity contribution in [1.82, 2.24) is 29.5 Å². The molecule has 3 heterocycles. The molecule has 160 valence electrons. The number of nitrogens with zero attached hydrogens (tertiary/aromatic N) is 5. The molecule has 5 aromatic rings. The van der Waals surface area contributed by atoms with Crippen LogP contribution in [0.3, 0.4) is 0 Å². The van der Waals surface area contributed by atoms with E-state index in [0.717, 1.165) is 22.4 Å². The van der Waals surface area contributed by atoms with Crippen LogP contribution in [0.2, 0.25) is 0 Å². The number of hydrogen-bond acceptors (Lipinski definition) is 6. The van der Waals surface area contributed by atoms with Gasteiger partial charge in [0.15, 0.2) is 11.5 Å². The molecule has 0 spiro atoms. The van der Waals surface area contributed by atoms with E-state index in [4.69, 9.17) is 4.98 Å². The number of anilines is 1. The average molecular weight is 425 g/mol. The van der Waals surface area contributed by atoms with E-state index in [0.29, 0.717) is 33.7 Å². The first-order valence-corrected chi connectivity index (χ1v) is 10.4. The molecule has 3 aromatic heterocycles. The summed E-state index contributed by atoms with van der Waals surface area (Å²) in [6, 6.07) is 11.4. The third kappa shape index (κ3) is 3.11. The van der Waals surface area contributed by atoms with Gasteiger partial charge in [-0.05, 0) is 50.5 Å². The smallest absolute Gasteiger partial charge is 0.266 e. The predicted octanol–water partition coefficient (Wildman–Crippen LogP) is 4.15. The number of rotatable bonds is 4. The lowest BCUT2D eigenvalue weighted by atomic mass is 10.1. The highest BCUT2D eigenvalue weighted by Crippen LogP contribution is 2.26. The zero-order chi connectivity index (χ0) is 22.4. The first kappa shape index (κ1) is 19.9. The topological polar surface area (TPSA) is 101 Å². The van der Waals surface area contributed by atoms with Crippen LogP contribution < -0.4 is 10.9 Å². The van der Waals surface area contributed by atoms with Crippen molar-refractivity contribution in [3.8, 4) is 5.69 Å². The van der Waals surface area contributed by atoms with Crippen LogP contribution in [-0.2, 0) is 0 Å². The highest BCUT2D eigenvalue weighted by atomic mass is 16.1. The standard InChI is InChI=1S/C24H23N7O/c1-13-7-6-10-17-18(13)24(32)31(20-14(2)8-5-9-15(20)3)23(30-17)16(4)29-22-19-21(26-11-25-19)27-12-28-22/h5-12,16H,1-4H3,(H2,25,26,27,28,29)/t16-/m0/s1. The Labute approximate surface area is 184 Å². The van der Waals surface area contributed by atoms with Gasteiger partial charge < -0.3 is 10.3 Å². The highest BCUT2D eigenvalue weighted by Gasteiger charge is 2.22. The lowest BCUT2D eigenvalue weighted by Crippen LogP contribution is -2.29. The molecular weight excluding hydrogens is 402 g/mol. The minimum Gasteiger partial charge on any atom is -0.358 e. The summed E-state index contributed by atoms with van der Waals surface area (Å²) in [5.74, 6) is 1.21. The Morgan fingerprint density at radius 2 is 1.69 bits per heavy atom. The van der Waals surface area contributed by atoms with Gasteiger partial charge in [-0.3, -0.25) is 9.36 Å². The van der Waals surface area contributed by atoms with E-state index in [9.17, 15) is 4.79 Å². The molecule has 2 N–H and O–H groups in total. The Hall–Kier alpha value is -4.07. The number of benzene rings is 2. The zero-order valence-electron chi connectivity index (χ0n) is 18.3. The molecule has 0 aliphatic heterocycles. The van der Waals surface area contributed by atoms with Crippen molar-refractivity contribution < 1.29 is 0 Å². The van der Waals surface area contributed by atoms with Crippen LogP contribution >= 0.6 is 0 Å². The van der Waals surface area contributed by atoms with Gasteiger partial charge in [0.05, 0.1) is 29.0 Å². The number of para-hydroxylation sites is 1. The molecule has 8 heteroatoms. The van der Waals surface area contributed by atoms with Gasteiger partial charge in [0.2, 0.25) is 0 Å². The first-order valence-electron chi connectivity index (χ1n) is 10.4. The van der Waals surface area contributed by atoms with Gasteiger partial charge in [0.1, 0.15) is 17.7 Å². The van der Waals surface area contributed by atoms with Gasteiger partial charge in [-0.15, -0.1) is 0 Å². The van der Waals surface area contributed by atoms with Gasteiger partial charge in [-0.25, -0.2) is 19.9 Å². The van der Waals surface area contributed by atoms with Crippen molar-refractivity contribution in [2.45, 2.75) is 33.7 Å². The van der Waals surface area contributed by atoms with Gasteiger partial charge in [-0.1, -0.05) is 30.3 Å². The molecule has 0 bridgehead atoms. The molecule has 0 aliphatic rings. The zero-order valence-corrected chi connectivity index (χ0v) is 18.3. The third-order valence-electron chi connectivity index (χ3n) is 5.76. The van der Waals surface area contributed by atoms with Crippen molar-refractivity contribution in [3.05, 3.63) is 81.9 Å². The molecule has 0 fully saturated rings. The summed E-state index contributed by atoms with van der Waals surface area (Å²) in [6.45, 7) is 7.93. The molecule has 1 atom stereocenters. The van der Waals surface area contributed by atoms with Crippen LogP contribution in [0.4, 0.5) is 5.82 Å². The van der Waals surface area contributed by atoms with Gasteiger partial charge in [0, 0.05) is 0 Å². The largest absolute Gasteiger partial charge is 0.358 e. The van der Waals surface area contributed by atoms with Crippen molar-refractivity contribution in [2.24, 2.45) is 0 Å². The fourth-order valence-electron chi connectivity index (χ4n) is 4.22. The first-order chi connectivity index (χ1) is 15.5. The van der Waals surface area contributed by atoms with Gasteiger partial charge in [0.25, 0.3) is 5.56 Å². The Morgan fingerprint density at radius 3 is 2.47 bits per heavy atom. The Bertz CT molecular complexity index is 1510. The lowest BCUT2D eigenvalue weighted by molar-refractivity contribution is 0.727. The SMILES string of the molecule is Cc1cccc(C)c1-n1c([C@H](C)Nc2ncnc3nc[nH]c23)nc2cccc(C)c2c1=O. The number of fused-ring (bicyclic) bond motifs is 2. The van der Waals surface area contributed by atoms with E-state index >= 15 is 0 Å². The fourth-order valence-corrected chi connectivity index (χ4v) is 4.22. The Kier molecular flexibility index (Phi) is 4.70. The summed E-state index contributed by atoms with van der Waals surface area (Å²) < 4.78 is 1.74. The number of aryl methyl sites for hydroxylation is 3. The van der Waals surface area contributed by atoms with Crippen LogP contribution in [0.15, 0.2) is 53.8 Å². The Morgan fingerprint density at radius 1 is 0.969 bits per heavy atom. The van der Waals surface area contributed by atoms with Crippen molar-refractivity contribution in [1.29, 1.82) is 0 Å². The maximum absolute atomic E-state index is 13.9. The summed E-state index contributed by atoms with van der Waals surface area (Å²) >= 11 is 0. The number of aromatic amines is 1.